The number of ether oxygens (including phenoxy) is 1. The third-order valence-electron chi connectivity index (χ3n) is 5.40. The van der Waals surface area contributed by atoms with Crippen LogP contribution in [0.4, 0.5) is 0 Å². The topological polar surface area (TPSA) is 72.3 Å². The van der Waals surface area contributed by atoms with Crippen LogP contribution in [0.2, 0.25) is 0 Å². The van der Waals surface area contributed by atoms with E-state index >= 15 is 0 Å². The van der Waals surface area contributed by atoms with Gasteiger partial charge in [-0.05, 0) is 19.1 Å². The van der Waals surface area contributed by atoms with E-state index in [-0.39, 0.29) is 12.0 Å². The van der Waals surface area contributed by atoms with Gasteiger partial charge in [-0.3, -0.25) is 19.4 Å². The smallest absolute Gasteiger partial charge is 0.251 e. The first kappa shape index (κ1) is 17.2. The summed E-state index contributed by atoms with van der Waals surface area (Å²) in [5, 5.41) is 7.40. The van der Waals surface area contributed by atoms with E-state index in [0.29, 0.717) is 23.9 Å². The summed E-state index contributed by atoms with van der Waals surface area (Å²) in [7, 11) is 0. The number of carbonyl (C=O) groups is 1. The maximum atomic E-state index is 12.2. The van der Waals surface area contributed by atoms with Crippen molar-refractivity contribution in [2.24, 2.45) is 11.8 Å². The molecule has 4 heterocycles. The Bertz CT molecular complexity index is 747. The lowest BCUT2D eigenvalue weighted by Gasteiger charge is -2.19. The van der Waals surface area contributed by atoms with Crippen molar-refractivity contribution < 1.29 is 9.53 Å². The number of carbonyl (C=O) groups excluding carboxylic acids is 1. The molecule has 2 aromatic heterocycles. The van der Waals surface area contributed by atoms with Gasteiger partial charge >= 0.3 is 0 Å². The summed E-state index contributed by atoms with van der Waals surface area (Å²) in [6.07, 6.45) is 7.61. The average molecular weight is 355 g/mol. The fourth-order valence-electron chi connectivity index (χ4n) is 3.97. The monoisotopic (exact) mass is 355 g/mol. The highest BCUT2D eigenvalue weighted by atomic mass is 16.5. The Morgan fingerprint density at radius 2 is 2.19 bits per heavy atom. The van der Waals surface area contributed by atoms with E-state index in [2.05, 4.69) is 33.4 Å². The molecule has 0 radical (unpaired) electrons. The van der Waals surface area contributed by atoms with Gasteiger partial charge in [0, 0.05) is 74.3 Å². The van der Waals surface area contributed by atoms with Crippen LogP contribution in [0, 0.1) is 11.8 Å². The molecule has 7 nitrogen and oxygen atoms in total. The Balaban J connectivity index is 1.29. The summed E-state index contributed by atoms with van der Waals surface area (Å²) >= 11 is 0. The van der Waals surface area contributed by atoms with E-state index < -0.39 is 0 Å². The van der Waals surface area contributed by atoms with Gasteiger partial charge in [0.25, 0.3) is 5.91 Å². The molecule has 2 fully saturated rings. The zero-order valence-corrected chi connectivity index (χ0v) is 15.0. The van der Waals surface area contributed by atoms with Crippen LogP contribution in [0.25, 0.3) is 0 Å². The predicted octanol–water partition coefficient (Wildman–Crippen LogP) is 1.17. The second-order valence-electron chi connectivity index (χ2n) is 7.14. The van der Waals surface area contributed by atoms with Crippen molar-refractivity contribution in [1.29, 1.82) is 0 Å². The number of aryl methyl sites for hydroxylation is 1. The molecule has 2 aliphatic heterocycles. The number of aromatic nitrogens is 3. The van der Waals surface area contributed by atoms with Crippen LogP contribution in [0.1, 0.15) is 22.8 Å². The molecule has 0 aliphatic carbocycles. The summed E-state index contributed by atoms with van der Waals surface area (Å²) in [5.41, 5.74) is 1.89. The highest BCUT2D eigenvalue weighted by Gasteiger charge is 2.43. The highest BCUT2D eigenvalue weighted by molar-refractivity contribution is 5.93. The van der Waals surface area contributed by atoms with Crippen molar-refractivity contribution in [1.82, 2.24) is 25.0 Å². The van der Waals surface area contributed by atoms with Crippen molar-refractivity contribution in [2.45, 2.75) is 26.1 Å². The summed E-state index contributed by atoms with van der Waals surface area (Å²) in [6.45, 7) is 7.25. The second-order valence-corrected chi connectivity index (χ2v) is 7.14. The number of nitrogens with zero attached hydrogens (tertiary/aromatic N) is 4. The first-order valence-electron chi connectivity index (χ1n) is 9.26. The molecular weight excluding hydrogens is 330 g/mol. The van der Waals surface area contributed by atoms with E-state index in [9.17, 15) is 4.79 Å². The maximum Gasteiger partial charge on any atom is 0.251 e. The molecule has 2 saturated heterocycles. The van der Waals surface area contributed by atoms with E-state index in [0.717, 1.165) is 32.8 Å². The number of hydrogen-bond acceptors (Lipinski definition) is 5. The number of likely N-dealkylation sites (tertiary alicyclic amines) is 1. The molecule has 1 amide bonds. The predicted molar refractivity (Wildman–Crippen MR) is 96.5 cm³/mol. The van der Waals surface area contributed by atoms with E-state index in [4.69, 9.17) is 4.74 Å². The van der Waals surface area contributed by atoms with Gasteiger partial charge in [-0.2, -0.15) is 5.10 Å². The van der Waals surface area contributed by atoms with Crippen LogP contribution in [0.15, 0.2) is 36.9 Å². The molecule has 7 heteroatoms. The van der Waals surface area contributed by atoms with Gasteiger partial charge in [-0.25, -0.2) is 0 Å². The van der Waals surface area contributed by atoms with Crippen LogP contribution >= 0.6 is 0 Å². The molecular formula is C19H25N5O2. The fourth-order valence-corrected chi connectivity index (χ4v) is 3.97. The molecule has 2 aliphatic rings. The molecule has 0 spiro atoms. The summed E-state index contributed by atoms with van der Waals surface area (Å²) < 4.78 is 7.96. The Morgan fingerprint density at radius 3 is 2.96 bits per heavy atom. The zero-order chi connectivity index (χ0) is 17.9. The standard InChI is InChI=1S/C19H25N5O2/c1-2-24-10-14(7-22-24)9-23-11-17-16(13-26-18(17)12-23)8-21-19(25)15-3-5-20-6-4-15/h3-7,10,16-18H,2,8-9,11-13H2,1H3,(H,21,25)/t16-,17-,18-/m1/s1. The lowest BCUT2D eigenvalue weighted by Crippen LogP contribution is -2.34. The third-order valence-corrected chi connectivity index (χ3v) is 5.40. The molecule has 0 saturated carbocycles. The number of hydrogen-bond donors (Lipinski definition) is 1. The molecule has 2 aromatic rings. The second kappa shape index (κ2) is 7.55. The fraction of sp³-hybridized carbons (Fsp3) is 0.526. The Kier molecular flexibility index (Phi) is 4.99. The molecule has 3 atom stereocenters. The minimum atomic E-state index is -0.0438. The Morgan fingerprint density at radius 1 is 1.35 bits per heavy atom. The minimum Gasteiger partial charge on any atom is -0.376 e. The lowest BCUT2D eigenvalue weighted by atomic mass is 9.93. The maximum absolute atomic E-state index is 12.2. The Hall–Kier alpha value is -2.25. The first-order chi connectivity index (χ1) is 12.7. The van der Waals surface area contributed by atoms with Gasteiger partial charge in [0.15, 0.2) is 0 Å². The van der Waals surface area contributed by atoms with Crippen LogP contribution in [-0.4, -0.2) is 57.9 Å². The van der Waals surface area contributed by atoms with E-state index in [1.54, 1.807) is 24.5 Å². The lowest BCUT2D eigenvalue weighted by molar-refractivity contribution is 0.0903. The van der Waals surface area contributed by atoms with Gasteiger partial charge in [0.05, 0.1) is 18.9 Å². The molecule has 1 N–H and O–H groups in total. The normalized spacial score (nSPS) is 25.3. The minimum absolute atomic E-state index is 0.0438. The van der Waals surface area contributed by atoms with Gasteiger partial charge in [-0.1, -0.05) is 0 Å². The SMILES string of the molecule is CCn1cc(CN2C[C@@H]3[C@H](CNC(=O)c4ccncc4)CO[C@@H]3C2)cn1. The summed E-state index contributed by atoms with van der Waals surface area (Å²) in [4.78, 5) is 18.6. The van der Waals surface area contributed by atoms with Crippen molar-refractivity contribution in [2.75, 3.05) is 26.2 Å². The number of amides is 1. The molecule has 26 heavy (non-hydrogen) atoms. The highest BCUT2D eigenvalue weighted by Crippen LogP contribution is 2.34. The number of fused-ring (bicyclic) bond motifs is 1. The molecule has 0 bridgehead atoms. The van der Waals surface area contributed by atoms with Gasteiger partial charge in [-0.15, -0.1) is 0 Å². The average Bonchev–Trinajstić information content (AvgIpc) is 3.37. The van der Waals surface area contributed by atoms with Crippen LogP contribution in [0.3, 0.4) is 0 Å². The molecule has 138 valence electrons. The van der Waals surface area contributed by atoms with E-state index in [1.807, 2.05) is 10.9 Å². The summed E-state index contributed by atoms with van der Waals surface area (Å²) in [5.74, 6) is 0.806. The first-order valence-corrected chi connectivity index (χ1v) is 9.26. The van der Waals surface area contributed by atoms with Crippen LogP contribution in [0.5, 0.6) is 0 Å². The quantitative estimate of drug-likeness (QED) is 0.842. The van der Waals surface area contributed by atoms with Crippen molar-refractivity contribution in [3.8, 4) is 0 Å². The Labute approximate surface area is 153 Å². The van der Waals surface area contributed by atoms with Crippen LogP contribution in [-0.2, 0) is 17.8 Å². The number of pyridine rings is 1. The molecule has 0 aromatic carbocycles. The van der Waals surface area contributed by atoms with Crippen molar-refractivity contribution >= 4 is 5.91 Å². The summed E-state index contributed by atoms with van der Waals surface area (Å²) in [6, 6.07) is 3.47. The van der Waals surface area contributed by atoms with Crippen LogP contribution < -0.4 is 5.32 Å². The van der Waals surface area contributed by atoms with Gasteiger partial charge in [0.1, 0.15) is 0 Å². The van der Waals surface area contributed by atoms with Gasteiger partial charge < -0.3 is 10.1 Å². The van der Waals surface area contributed by atoms with E-state index in [1.165, 1.54) is 5.56 Å². The number of nitrogens with one attached hydrogen (secondary N) is 1. The van der Waals surface area contributed by atoms with Gasteiger partial charge in [0.2, 0.25) is 0 Å². The zero-order valence-electron chi connectivity index (χ0n) is 15.0. The third kappa shape index (κ3) is 3.64. The number of rotatable bonds is 6. The molecule has 4 rings (SSSR count). The van der Waals surface area contributed by atoms with Crippen molar-refractivity contribution in [3.63, 3.8) is 0 Å². The largest absolute Gasteiger partial charge is 0.376 e. The molecule has 0 unspecified atom stereocenters. The van der Waals surface area contributed by atoms with Crippen molar-refractivity contribution in [3.05, 3.63) is 48.0 Å².